The summed E-state index contributed by atoms with van der Waals surface area (Å²) in [7, 11) is -2.56. The Bertz CT molecular complexity index is 1460. The number of sulfonamides is 1. The molecule has 2 aliphatic rings. The molecule has 2 aliphatic heterocycles. The highest BCUT2D eigenvalue weighted by Crippen LogP contribution is 2.37. The molecule has 2 unspecified atom stereocenters. The summed E-state index contributed by atoms with van der Waals surface area (Å²) in [6.07, 6.45) is 0.823. The van der Waals surface area contributed by atoms with Crippen LogP contribution in [0.4, 0.5) is 5.69 Å². The topological polar surface area (TPSA) is 154 Å². The number of fused-ring (bicyclic) bond motifs is 1. The summed E-state index contributed by atoms with van der Waals surface area (Å²) in [4.78, 5) is 25.4. The minimum Gasteiger partial charge on any atom is -0.484 e. The summed E-state index contributed by atoms with van der Waals surface area (Å²) in [6.45, 7) is 1.82. The fraction of sp³-hybridized carbons (Fsp3) is 0.375. The van der Waals surface area contributed by atoms with Crippen LogP contribution >= 0.6 is 23.5 Å². The largest absolute Gasteiger partial charge is 0.484 e. The van der Waals surface area contributed by atoms with Gasteiger partial charge in [0.15, 0.2) is 11.6 Å². The van der Waals surface area contributed by atoms with Gasteiger partial charge in [0.2, 0.25) is 0 Å². The molecular formula is C24H28N6O5S3. The van der Waals surface area contributed by atoms with Crippen LogP contribution in [-0.4, -0.2) is 95.6 Å². The molecule has 14 heteroatoms. The van der Waals surface area contributed by atoms with E-state index in [2.05, 4.69) is 19.9 Å². The Hall–Kier alpha value is -2.78. The number of nitrogens with one attached hydrogen (secondary N) is 1. The fourth-order valence-corrected chi connectivity index (χ4v) is 7.52. The number of ether oxygens (including phenoxy) is 1. The second-order valence-corrected chi connectivity index (χ2v) is 13.2. The zero-order chi connectivity index (χ0) is 26.9. The van der Waals surface area contributed by atoms with E-state index in [9.17, 15) is 18.3 Å². The highest BCUT2D eigenvalue weighted by Gasteiger charge is 2.33. The van der Waals surface area contributed by atoms with Crippen molar-refractivity contribution in [3.8, 4) is 5.75 Å². The lowest BCUT2D eigenvalue weighted by Crippen LogP contribution is -2.46. The molecule has 4 N–H and O–H groups in total. The molecule has 1 saturated heterocycles. The summed E-state index contributed by atoms with van der Waals surface area (Å²) in [5.74, 6) is 1.64. The van der Waals surface area contributed by atoms with Crippen LogP contribution in [0.3, 0.4) is 0 Å². The molecule has 2 atom stereocenters. The van der Waals surface area contributed by atoms with Gasteiger partial charge >= 0.3 is 0 Å². The number of hydrogen-bond acceptors (Lipinski definition) is 10. The molecule has 0 bridgehead atoms. The summed E-state index contributed by atoms with van der Waals surface area (Å²) in [5, 5.41) is 12.1. The number of rotatable bonds is 9. The first kappa shape index (κ1) is 26.8. The van der Waals surface area contributed by atoms with Crippen molar-refractivity contribution in [1.29, 1.82) is 0 Å². The van der Waals surface area contributed by atoms with E-state index in [1.807, 2.05) is 17.8 Å². The first-order valence-electron chi connectivity index (χ1n) is 11.9. The van der Waals surface area contributed by atoms with E-state index in [4.69, 9.17) is 10.5 Å². The van der Waals surface area contributed by atoms with Gasteiger partial charge in [-0.2, -0.15) is 20.2 Å². The molecule has 0 saturated carbocycles. The first-order chi connectivity index (χ1) is 18.2. The number of aliphatic imine (C=N–C) groups is 1. The lowest BCUT2D eigenvalue weighted by molar-refractivity contribution is -0.119. The van der Waals surface area contributed by atoms with E-state index in [1.54, 1.807) is 18.2 Å². The number of aliphatic hydroxyl groups is 1. The van der Waals surface area contributed by atoms with Crippen molar-refractivity contribution in [3.05, 3.63) is 48.3 Å². The lowest BCUT2D eigenvalue weighted by atomic mass is 10.2. The lowest BCUT2D eigenvalue weighted by Gasteiger charge is -2.33. The van der Waals surface area contributed by atoms with Crippen LogP contribution in [0.2, 0.25) is 0 Å². The fourth-order valence-electron chi connectivity index (χ4n) is 4.34. The summed E-state index contributed by atoms with van der Waals surface area (Å²) in [6, 6.07) is 9.77. The minimum absolute atomic E-state index is 0.0966. The molecule has 2 aromatic heterocycles. The van der Waals surface area contributed by atoms with Crippen molar-refractivity contribution >= 4 is 61.1 Å². The molecule has 4 heterocycles. The SMILES string of the molecule is CN(c1cc(OCC(N)=O)cc2cc(C3=NCC(C(O)N4CCSCC4)S3)[nH]c12)S(=O)(=O)c1ccccn1. The first-order valence-corrected chi connectivity index (χ1v) is 15.4. The van der Waals surface area contributed by atoms with Gasteiger partial charge in [-0.3, -0.25) is 19.0 Å². The quantitative estimate of drug-likeness (QED) is 0.344. The summed E-state index contributed by atoms with van der Waals surface area (Å²) in [5.41, 5.74) is 6.81. The van der Waals surface area contributed by atoms with Crippen LogP contribution in [0.5, 0.6) is 5.75 Å². The van der Waals surface area contributed by atoms with E-state index in [1.165, 1.54) is 37.1 Å². The van der Waals surface area contributed by atoms with E-state index in [0.717, 1.165) is 33.9 Å². The van der Waals surface area contributed by atoms with Crippen LogP contribution in [0.15, 0.2) is 52.6 Å². The number of amides is 1. The number of primary amides is 1. The Morgan fingerprint density at radius 2 is 2.11 bits per heavy atom. The average molecular weight is 577 g/mol. The number of hydrogen-bond donors (Lipinski definition) is 3. The van der Waals surface area contributed by atoms with Gasteiger partial charge in [-0.05, 0) is 24.3 Å². The van der Waals surface area contributed by atoms with Gasteiger partial charge < -0.3 is 20.6 Å². The third-order valence-electron chi connectivity index (χ3n) is 6.32. The van der Waals surface area contributed by atoms with Crippen molar-refractivity contribution in [2.24, 2.45) is 10.7 Å². The number of nitrogens with two attached hydrogens (primary N) is 1. The molecule has 1 aromatic carbocycles. The second-order valence-electron chi connectivity index (χ2n) is 8.85. The van der Waals surface area contributed by atoms with Gasteiger partial charge in [-0.1, -0.05) is 17.8 Å². The van der Waals surface area contributed by atoms with Crippen molar-refractivity contribution in [1.82, 2.24) is 14.9 Å². The molecule has 0 aliphatic carbocycles. The maximum atomic E-state index is 13.4. The molecule has 1 fully saturated rings. The van der Waals surface area contributed by atoms with E-state index in [0.29, 0.717) is 28.8 Å². The Morgan fingerprint density at radius 3 is 2.82 bits per heavy atom. The highest BCUT2D eigenvalue weighted by atomic mass is 32.2. The third kappa shape index (κ3) is 5.50. The van der Waals surface area contributed by atoms with E-state index < -0.39 is 22.2 Å². The van der Waals surface area contributed by atoms with Gasteiger partial charge in [0.05, 0.1) is 28.7 Å². The predicted molar refractivity (Wildman–Crippen MR) is 151 cm³/mol. The van der Waals surface area contributed by atoms with Gasteiger partial charge in [0.25, 0.3) is 15.9 Å². The maximum Gasteiger partial charge on any atom is 0.281 e. The van der Waals surface area contributed by atoms with Gasteiger partial charge in [-0.15, -0.1) is 0 Å². The molecule has 5 rings (SSSR count). The highest BCUT2D eigenvalue weighted by molar-refractivity contribution is 8.15. The zero-order valence-corrected chi connectivity index (χ0v) is 23.1. The molecule has 202 valence electrons. The Balaban J connectivity index is 1.47. The number of aromatic amines is 1. The van der Waals surface area contributed by atoms with Crippen molar-refractivity contribution in [2.75, 3.05) is 49.1 Å². The van der Waals surface area contributed by atoms with Crippen molar-refractivity contribution < 1.29 is 23.1 Å². The Morgan fingerprint density at radius 1 is 1.32 bits per heavy atom. The van der Waals surface area contributed by atoms with Crippen molar-refractivity contribution in [3.63, 3.8) is 0 Å². The molecule has 38 heavy (non-hydrogen) atoms. The number of carbonyl (C=O) groups is 1. The van der Waals surface area contributed by atoms with Gasteiger partial charge in [0.1, 0.15) is 17.0 Å². The van der Waals surface area contributed by atoms with E-state index in [-0.39, 0.29) is 22.6 Å². The Kier molecular flexibility index (Phi) is 7.86. The number of benzene rings is 1. The standard InChI is InChI=1S/C24H28N6O5S3/c1-29(38(33,34)21-4-2-3-5-26-21)18-12-16(35-14-20(25)31)10-15-11-17(28-22(15)18)23-27-13-19(37-23)24(32)30-6-8-36-9-7-30/h2-5,10-12,19,24,28,32H,6-9,13-14H2,1H3,(H2,25,31). The average Bonchev–Trinajstić information content (AvgIpc) is 3.59. The molecule has 0 radical (unpaired) electrons. The molecule has 0 spiro atoms. The number of nitrogens with zero attached hydrogens (tertiary/aromatic N) is 4. The number of aromatic nitrogens is 2. The third-order valence-corrected chi connectivity index (χ3v) is 10.2. The van der Waals surface area contributed by atoms with Crippen LogP contribution < -0.4 is 14.8 Å². The predicted octanol–water partition coefficient (Wildman–Crippen LogP) is 1.48. The van der Waals surface area contributed by atoms with E-state index >= 15 is 0 Å². The zero-order valence-electron chi connectivity index (χ0n) is 20.6. The van der Waals surface area contributed by atoms with Crippen molar-refractivity contribution in [2.45, 2.75) is 16.5 Å². The number of aliphatic hydroxyl groups excluding tert-OH is 1. The number of H-pyrrole nitrogens is 1. The normalized spacial score (nSPS) is 19.3. The smallest absolute Gasteiger partial charge is 0.281 e. The summed E-state index contributed by atoms with van der Waals surface area (Å²) < 4.78 is 33.4. The van der Waals surface area contributed by atoms with Crippen LogP contribution in [-0.2, 0) is 14.8 Å². The maximum absolute atomic E-state index is 13.4. The van der Waals surface area contributed by atoms with Crippen LogP contribution in [0.25, 0.3) is 10.9 Å². The number of thioether (sulfide) groups is 2. The molecule has 1 amide bonds. The Labute approximate surface area is 228 Å². The number of pyridine rings is 1. The van der Waals surface area contributed by atoms with Gasteiger partial charge in [0, 0.05) is 49.3 Å². The number of anilines is 1. The van der Waals surface area contributed by atoms with Crippen LogP contribution in [0, 0.1) is 0 Å². The second kappa shape index (κ2) is 11.1. The molecule has 3 aromatic rings. The monoisotopic (exact) mass is 576 g/mol. The number of carbonyl (C=O) groups excluding carboxylic acids is 1. The minimum atomic E-state index is -3.99. The summed E-state index contributed by atoms with van der Waals surface area (Å²) >= 11 is 3.39. The molecule has 11 nitrogen and oxygen atoms in total. The van der Waals surface area contributed by atoms with Crippen LogP contribution in [0.1, 0.15) is 5.69 Å². The molecular weight excluding hydrogens is 549 g/mol. The van der Waals surface area contributed by atoms with Gasteiger partial charge in [-0.25, -0.2) is 4.98 Å².